The van der Waals surface area contributed by atoms with Crippen LogP contribution in [-0.2, 0) is 16.6 Å². The van der Waals surface area contributed by atoms with Crippen LogP contribution < -0.4 is 5.73 Å². The molecule has 0 bridgehead atoms. The molecule has 7 heteroatoms. The Bertz CT molecular complexity index is 519. The SMILES string of the molecule is NCc1cc(S(=O)(=O)N2CCCCCCC2)c(Br)o1. The summed E-state index contributed by atoms with van der Waals surface area (Å²) in [5, 5.41) is 0. The highest BCUT2D eigenvalue weighted by atomic mass is 79.9. The Labute approximate surface area is 122 Å². The molecule has 1 aliphatic rings. The van der Waals surface area contributed by atoms with Gasteiger partial charge >= 0.3 is 0 Å². The molecule has 0 spiro atoms. The van der Waals surface area contributed by atoms with Crippen LogP contribution in [0.5, 0.6) is 0 Å². The van der Waals surface area contributed by atoms with Crippen molar-refractivity contribution in [2.45, 2.75) is 43.5 Å². The fraction of sp³-hybridized carbons (Fsp3) is 0.667. The molecular formula is C12H19BrN2O3S. The van der Waals surface area contributed by atoms with Crippen LogP contribution in [0.15, 0.2) is 20.0 Å². The van der Waals surface area contributed by atoms with Gasteiger partial charge in [-0.1, -0.05) is 19.3 Å². The summed E-state index contributed by atoms with van der Waals surface area (Å²) >= 11 is 3.17. The standard InChI is InChI=1S/C12H19BrN2O3S/c13-12-11(8-10(9-14)18-12)19(16,17)15-6-4-2-1-3-5-7-15/h8H,1-7,9,14H2. The van der Waals surface area contributed by atoms with E-state index < -0.39 is 10.0 Å². The zero-order chi connectivity index (χ0) is 13.9. The topological polar surface area (TPSA) is 76.5 Å². The summed E-state index contributed by atoms with van der Waals surface area (Å²) in [5.41, 5.74) is 5.48. The molecule has 0 aliphatic carbocycles. The molecule has 1 aliphatic heterocycles. The number of rotatable bonds is 3. The molecule has 2 N–H and O–H groups in total. The first-order valence-corrected chi connectivity index (χ1v) is 8.77. The largest absolute Gasteiger partial charge is 0.452 e. The van der Waals surface area contributed by atoms with E-state index in [-0.39, 0.29) is 16.1 Å². The summed E-state index contributed by atoms with van der Waals surface area (Å²) in [4.78, 5) is 0.188. The van der Waals surface area contributed by atoms with Crippen molar-refractivity contribution in [3.05, 3.63) is 16.5 Å². The van der Waals surface area contributed by atoms with Crippen molar-refractivity contribution < 1.29 is 12.8 Å². The van der Waals surface area contributed by atoms with Gasteiger partial charge in [0.15, 0.2) is 4.67 Å². The molecule has 0 radical (unpaired) electrons. The predicted molar refractivity (Wildman–Crippen MR) is 76.1 cm³/mol. The average molecular weight is 351 g/mol. The lowest BCUT2D eigenvalue weighted by molar-refractivity contribution is 0.363. The molecule has 1 aromatic rings. The smallest absolute Gasteiger partial charge is 0.247 e. The van der Waals surface area contributed by atoms with E-state index in [9.17, 15) is 8.42 Å². The first kappa shape index (κ1) is 15.0. The molecule has 0 unspecified atom stereocenters. The Kier molecular flexibility index (Phi) is 5.05. The van der Waals surface area contributed by atoms with Gasteiger partial charge in [-0.25, -0.2) is 8.42 Å². The van der Waals surface area contributed by atoms with Gasteiger partial charge in [0.2, 0.25) is 10.0 Å². The van der Waals surface area contributed by atoms with Crippen LogP contribution in [0.4, 0.5) is 0 Å². The summed E-state index contributed by atoms with van der Waals surface area (Å²) in [7, 11) is -3.48. The van der Waals surface area contributed by atoms with Crippen LogP contribution in [0.3, 0.4) is 0 Å². The van der Waals surface area contributed by atoms with Crippen molar-refractivity contribution in [2.75, 3.05) is 13.1 Å². The Morgan fingerprint density at radius 1 is 1.21 bits per heavy atom. The zero-order valence-corrected chi connectivity index (χ0v) is 13.2. The molecule has 5 nitrogen and oxygen atoms in total. The van der Waals surface area contributed by atoms with Gasteiger partial charge in [-0.3, -0.25) is 0 Å². The van der Waals surface area contributed by atoms with Gasteiger partial charge in [-0.05, 0) is 28.8 Å². The van der Waals surface area contributed by atoms with Crippen LogP contribution in [-0.4, -0.2) is 25.8 Å². The fourth-order valence-corrected chi connectivity index (χ4v) is 4.75. The predicted octanol–water partition coefficient (Wildman–Crippen LogP) is 2.46. The molecule has 0 aromatic carbocycles. The first-order chi connectivity index (χ1) is 9.05. The molecular weight excluding hydrogens is 332 g/mol. The second kappa shape index (κ2) is 6.39. The van der Waals surface area contributed by atoms with Crippen LogP contribution in [0.25, 0.3) is 0 Å². The van der Waals surface area contributed by atoms with Crippen molar-refractivity contribution in [1.29, 1.82) is 0 Å². The molecule has 1 fully saturated rings. The maximum Gasteiger partial charge on any atom is 0.247 e. The number of nitrogens with two attached hydrogens (primary N) is 1. The third-order valence-electron chi connectivity index (χ3n) is 3.34. The van der Waals surface area contributed by atoms with Crippen LogP contribution in [0.2, 0.25) is 0 Å². The summed E-state index contributed by atoms with van der Waals surface area (Å²) in [6, 6.07) is 1.51. The second-order valence-electron chi connectivity index (χ2n) is 4.73. The minimum atomic E-state index is -3.48. The number of sulfonamides is 1. The molecule has 0 amide bonds. The van der Waals surface area contributed by atoms with Gasteiger partial charge in [0, 0.05) is 19.2 Å². The minimum absolute atomic E-state index is 0.188. The zero-order valence-electron chi connectivity index (χ0n) is 10.8. The monoisotopic (exact) mass is 350 g/mol. The van der Waals surface area contributed by atoms with E-state index in [0.717, 1.165) is 25.7 Å². The van der Waals surface area contributed by atoms with Gasteiger partial charge in [0.25, 0.3) is 0 Å². The Hall–Kier alpha value is -0.370. The van der Waals surface area contributed by atoms with Crippen LogP contribution in [0.1, 0.15) is 37.9 Å². The van der Waals surface area contributed by atoms with E-state index in [1.807, 2.05) is 0 Å². The molecule has 0 saturated carbocycles. The summed E-state index contributed by atoms with van der Waals surface area (Å²) in [5.74, 6) is 0.470. The average Bonchev–Trinajstić information content (AvgIpc) is 2.70. The third-order valence-corrected chi connectivity index (χ3v) is 6.10. The van der Waals surface area contributed by atoms with Gasteiger partial charge in [-0.15, -0.1) is 0 Å². The lowest BCUT2D eigenvalue weighted by Gasteiger charge is -2.23. The lowest BCUT2D eigenvalue weighted by atomic mass is 10.1. The molecule has 108 valence electrons. The Morgan fingerprint density at radius 2 is 1.79 bits per heavy atom. The van der Waals surface area contributed by atoms with E-state index in [1.165, 1.54) is 12.5 Å². The van der Waals surface area contributed by atoms with E-state index in [2.05, 4.69) is 15.9 Å². The van der Waals surface area contributed by atoms with Gasteiger partial charge in [0.05, 0.1) is 6.54 Å². The fourth-order valence-electron chi connectivity index (χ4n) is 2.27. The van der Waals surface area contributed by atoms with Crippen molar-refractivity contribution in [2.24, 2.45) is 5.73 Å². The van der Waals surface area contributed by atoms with Crippen molar-refractivity contribution in [3.8, 4) is 0 Å². The highest BCUT2D eigenvalue weighted by Crippen LogP contribution is 2.29. The maximum atomic E-state index is 12.6. The summed E-state index contributed by atoms with van der Waals surface area (Å²) in [6.45, 7) is 1.35. The van der Waals surface area contributed by atoms with Crippen molar-refractivity contribution in [3.63, 3.8) is 0 Å². The highest BCUT2D eigenvalue weighted by molar-refractivity contribution is 9.10. The van der Waals surface area contributed by atoms with E-state index in [1.54, 1.807) is 4.31 Å². The van der Waals surface area contributed by atoms with Gasteiger partial charge < -0.3 is 10.2 Å². The number of nitrogens with zero attached hydrogens (tertiary/aromatic N) is 1. The normalized spacial score (nSPS) is 19.1. The number of furan rings is 1. The lowest BCUT2D eigenvalue weighted by Crippen LogP contribution is -2.33. The van der Waals surface area contributed by atoms with Crippen molar-refractivity contribution in [1.82, 2.24) is 4.31 Å². The molecule has 2 rings (SSSR count). The molecule has 19 heavy (non-hydrogen) atoms. The van der Waals surface area contributed by atoms with Crippen molar-refractivity contribution >= 4 is 26.0 Å². The molecule has 2 heterocycles. The van der Waals surface area contributed by atoms with Gasteiger partial charge in [0.1, 0.15) is 10.7 Å². The number of halogens is 1. The number of hydrogen-bond acceptors (Lipinski definition) is 4. The quantitative estimate of drug-likeness (QED) is 0.908. The number of hydrogen-bond donors (Lipinski definition) is 1. The Morgan fingerprint density at radius 3 is 2.32 bits per heavy atom. The van der Waals surface area contributed by atoms with Crippen LogP contribution >= 0.6 is 15.9 Å². The molecule has 1 aromatic heterocycles. The summed E-state index contributed by atoms with van der Waals surface area (Å²) < 4.78 is 32.3. The van der Waals surface area contributed by atoms with Crippen LogP contribution in [0, 0.1) is 0 Å². The maximum absolute atomic E-state index is 12.6. The minimum Gasteiger partial charge on any atom is -0.452 e. The summed E-state index contributed by atoms with van der Waals surface area (Å²) in [6.07, 6.45) is 5.21. The second-order valence-corrected chi connectivity index (χ2v) is 7.35. The molecule has 1 saturated heterocycles. The first-order valence-electron chi connectivity index (χ1n) is 6.54. The third kappa shape index (κ3) is 3.39. The Balaban J connectivity index is 2.26. The van der Waals surface area contributed by atoms with E-state index in [4.69, 9.17) is 10.2 Å². The van der Waals surface area contributed by atoms with E-state index in [0.29, 0.717) is 18.8 Å². The van der Waals surface area contributed by atoms with E-state index >= 15 is 0 Å². The van der Waals surface area contributed by atoms with Gasteiger partial charge in [-0.2, -0.15) is 4.31 Å². The highest BCUT2D eigenvalue weighted by Gasteiger charge is 2.29. The molecule has 0 atom stereocenters.